The lowest BCUT2D eigenvalue weighted by Gasteiger charge is -2.59. The number of rotatable bonds is 7. The molecule has 2 aliphatic rings. The Kier molecular flexibility index (Phi) is 6.01. The molecular weight excluding hydrogens is 316 g/mol. The summed E-state index contributed by atoms with van der Waals surface area (Å²) in [6.45, 7) is 11.9. The monoisotopic (exact) mass is 350 g/mol. The molecule has 4 heteroatoms. The van der Waals surface area contributed by atoms with Crippen molar-refractivity contribution in [3.05, 3.63) is 11.6 Å². The first-order valence-electron chi connectivity index (χ1n) is 9.63. The highest BCUT2D eigenvalue weighted by Crippen LogP contribution is 2.62. The first-order valence-corrected chi connectivity index (χ1v) is 9.63. The first-order chi connectivity index (χ1) is 11.6. The highest BCUT2D eigenvalue weighted by atomic mass is 16.5. The SMILES string of the molecule is CC1=C[C@@H](OC=O)C[C@@H]2[C@@](C)(CCC(C)CC(=O)O)[C@H](C)CC[C@@]12C. The fourth-order valence-electron chi connectivity index (χ4n) is 5.41. The number of allylic oxidation sites excluding steroid dienone is 1. The smallest absolute Gasteiger partial charge is 0.303 e. The molecule has 6 atom stereocenters. The molecule has 0 aromatic carbocycles. The largest absolute Gasteiger partial charge is 0.481 e. The van der Waals surface area contributed by atoms with Crippen molar-refractivity contribution in [2.45, 2.75) is 79.2 Å². The van der Waals surface area contributed by atoms with Gasteiger partial charge in [0.25, 0.3) is 6.47 Å². The molecule has 0 aromatic rings. The van der Waals surface area contributed by atoms with Crippen LogP contribution >= 0.6 is 0 Å². The third-order valence-corrected chi connectivity index (χ3v) is 7.52. The Balaban J connectivity index is 2.24. The van der Waals surface area contributed by atoms with Gasteiger partial charge in [0.15, 0.2) is 0 Å². The first kappa shape index (κ1) is 20.0. The van der Waals surface area contributed by atoms with Gasteiger partial charge in [-0.1, -0.05) is 33.3 Å². The van der Waals surface area contributed by atoms with Gasteiger partial charge in [0.1, 0.15) is 6.10 Å². The summed E-state index contributed by atoms with van der Waals surface area (Å²) in [7, 11) is 0. The number of hydrogen-bond acceptors (Lipinski definition) is 3. The van der Waals surface area contributed by atoms with Crippen LogP contribution in [-0.4, -0.2) is 23.7 Å². The number of aliphatic carboxylic acids is 1. The molecule has 0 heterocycles. The van der Waals surface area contributed by atoms with E-state index < -0.39 is 5.97 Å². The minimum atomic E-state index is -0.713. The van der Waals surface area contributed by atoms with Crippen molar-refractivity contribution >= 4 is 12.4 Å². The maximum Gasteiger partial charge on any atom is 0.303 e. The van der Waals surface area contributed by atoms with Crippen LogP contribution in [0.4, 0.5) is 0 Å². The molecule has 25 heavy (non-hydrogen) atoms. The number of hydrogen-bond donors (Lipinski definition) is 1. The molecule has 0 aromatic heterocycles. The topological polar surface area (TPSA) is 63.6 Å². The van der Waals surface area contributed by atoms with Gasteiger partial charge in [-0.15, -0.1) is 0 Å². The van der Waals surface area contributed by atoms with E-state index in [1.807, 2.05) is 6.92 Å². The molecule has 0 radical (unpaired) electrons. The van der Waals surface area contributed by atoms with Gasteiger partial charge in [0.05, 0.1) is 0 Å². The van der Waals surface area contributed by atoms with E-state index in [2.05, 4.69) is 33.8 Å². The average Bonchev–Trinajstić information content (AvgIpc) is 2.52. The van der Waals surface area contributed by atoms with Crippen molar-refractivity contribution in [2.75, 3.05) is 0 Å². The number of carboxylic acid groups (broad SMARTS) is 1. The summed E-state index contributed by atoms with van der Waals surface area (Å²) in [5.74, 6) is 0.521. The summed E-state index contributed by atoms with van der Waals surface area (Å²) in [6.07, 6.45) is 7.45. The third kappa shape index (κ3) is 3.93. The number of fused-ring (bicyclic) bond motifs is 1. The van der Waals surface area contributed by atoms with Crippen molar-refractivity contribution < 1.29 is 19.4 Å². The zero-order valence-corrected chi connectivity index (χ0v) is 16.4. The standard InChI is InChI=1S/C21H34O4/c1-14(10-19(23)24)6-8-20(4)15(2)7-9-21(5)16(3)11-17(25-13-22)12-18(20)21/h11,13-15,17-18H,6-10,12H2,1-5H3,(H,23,24)/t14?,15-,17-,18-,20+,21+/m1/s1. The second kappa shape index (κ2) is 7.51. The van der Waals surface area contributed by atoms with Crippen molar-refractivity contribution in [3.8, 4) is 0 Å². The van der Waals surface area contributed by atoms with Crippen LogP contribution in [0.5, 0.6) is 0 Å². The van der Waals surface area contributed by atoms with Crippen molar-refractivity contribution in [1.29, 1.82) is 0 Å². The fourth-order valence-corrected chi connectivity index (χ4v) is 5.41. The van der Waals surface area contributed by atoms with Crippen LogP contribution in [0, 0.1) is 28.6 Å². The van der Waals surface area contributed by atoms with Gasteiger partial charge >= 0.3 is 5.97 Å². The maximum atomic E-state index is 11.0. The van der Waals surface area contributed by atoms with E-state index in [1.165, 1.54) is 18.4 Å². The Hall–Kier alpha value is -1.32. The van der Waals surface area contributed by atoms with Crippen LogP contribution in [0.3, 0.4) is 0 Å². The van der Waals surface area contributed by atoms with E-state index in [4.69, 9.17) is 9.84 Å². The zero-order chi connectivity index (χ0) is 18.8. The molecule has 4 nitrogen and oxygen atoms in total. The molecule has 0 aliphatic heterocycles. The van der Waals surface area contributed by atoms with E-state index in [-0.39, 0.29) is 29.3 Å². The van der Waals surface area contributed by atoms with E-state index in [0.29, 0.717) is 18.3 Å². The van der Waals surface area contributed by atoms with E-state index >= 15 is 0 Å². The molecule has 0 amide bonds. The molecule has 142 valence electrons. The van der Waals surface area contributed by atoms with Crippen molar-refractivity contribution in [2.24, 2.45) is 28.6 Å². The summed E-state index contributed by atoms with van der Waals surface area (Å²) in [5, 5.41) is 9.04. The zero-order valence-electron chi connectivity index (χ0n) is 16.4. The van der Waals surface area contributed by atoms with Crippen LogP contribution in [0.1, 0.15) is 73.1 Å². The number of ether oxygens (including phenoxy) is 1. The molecule has 2 aliphatic carbocycles. The molecular formula is C21H34O4. The summed E-state index contributed by atoms with van der Waals surface area (Å²) in [5.41, 5.74) is 1.63. The number of carbonyl (C=O) groups excluding carboxylic acids is 1. The van der Waals surface area contributed by atoms with Gasteiger partial charge in [-0.2, -0.15) is 0 Å². The van der Waals surface area contributed by atoms with Crippen LogP contribution in [0.25, 0.3) is 0 Å². The Morgan fingerprint density at radius 1 is 1.48 bits per heavy atom. The van der Waals surface area contributed by atoms with E-state index in [1.54, 1.807) is 0 Å². The van der Waals surface area contributed by atoms with E-state index in [9.17, 15) is 9.59 Å². The maximum absolute atomic E-state index is 11.0. The molecule has 2 rings (SSSR count). The molecule has 0 spiro atoms. The normalized spacial score (nSPS) is 39.1. The lowest BCUT2D eigenvalue weighted by atomic mass is 9.46. The van der Waals surface area contributed by atoms with Crippen LogP contribution in [0.2, 0.25) is 0 Å². The van der Waals surface area contributed by atoms with Crippen molar-refractivity contribution in [1.82, 2.24) is 0 Å². The predicted octanol–water partition coefficient (Wildman–Crippen LogP) is 4.83. The Bertz CT molecular complexity index is 540. The Morgan fingerprint density at radius 3 is 2.76 bits per heavy atom. The van der Waals surface area contributed by atoms with Gasteiger partial charge in [0, 0.05) is 6.42 Å². The molecule has 1 N–H and O–H groups in total. The lowest BCUT2D eigenvalue weighted by molar-refractivity contribution is -0.138. The molecule has 0 saturated heterocycles. The highest BCUT2D eigenvalue weighted by molar-refractivity contribution is 5.66. The second-order valence-electron chi connectivity index (χ2n) is 9.01. The predicted molar refractivity (Wildman–Crippen MR) is 98.1 cm³/mol. The van der Waals surface area contributed by atoms with Gasteiger partial charge < -0.3 is 9.84 Å². The van der Waals surface area contributed by atoms with Gasteiger partial charge in [-0.25, -0.2) is 0 Å². The average molecular weight is 350 g/mol. The minimum Gasteiger partial charge on any atom is -0.481 e. The molecule has 1 unspecified atom stereocenters. The lowest BCUT2D eigenvalue weighted by Crippen LogP contribution is -2.51. The Morgan fingerprint density at radius 2 is 2.16 bits per heavy atom. The summed E-state index contributed by atoms with van der Waals surface area (Å²) >= 11 is 0. The highest BCUT2D eigenvalue weighted by Gasteiger charge is 2.54. The van der Waals surface area contributed by atoms with Crippen LogP contribution in [0.15, 0.2) is 11.6 Å². The van der Waals surface area contributed by atoms with Crippen LogP contribution < -0.4 is 0 Å². The third-order valence-electron chi connectivity index (χ3n) is 7.52. The molecule has 0 bridgehead atoms. The number of carbonyl (C=O) groups is 2. The van der Waals surface area contributed by atoms with Gasteiger partial charge in [-0.05, 0) is 73.7 Å². The summed E-state index contributed by atoms with van der Waals surface area (Å²) in [6, 6.07) is 0. The van der Waals surface area contributed by atoms with Crippen molar-refractivity contribution in [3.63, 3.8) is 0 Å². The minimum absolute atomic E-state index is 0.128. The van der Waals surface area contributed by atoms with E-state index in [0.717, 1.165) is 19.3 Å². The molecule has 1 fully saturated rings. The summed E-state index contributed by atoms with van der Waals surface area (Å²) < 4.78 is 5.32. The quantitative estimate of drug-likeness (QED) is 0.528. The summed E-state index contributed by atoms with van der Waals surface area (Å²) in [4.78, 5) is 21.8. The van der Waals surface area contributed by atoms with Crippen LogP contribution in [-0.2, 0) is 14.3 Å². The van der Waals surface area contributed by atoms with Gasteiger partial charge in [-0.3, -0.25) is 9.59 Å². The second-order valence-corrected chi connectivity index (χ2v) is 9.01. The Labute approximate surface area is 152 Å². The number of carboxylic acids is 1. The van der Waals surface area contributed by atoms with Gasteiger partial charge in [0.2, 0.25) is 0 Å². The molecule has 1 saturated carbocycles. The fraction of sp³-hybridized carbons (Fsp3) is 0.810.